The Morgan fingerprint density at radius 3 is 2.44 bits per heavy atom. The lowest BCUT2D eigenvalue weighted by atomic mass is 10.0. The average Bonchev–Trinajstić information content (AvgIpc) is 3.33. The normalized spacial score (nSPS) is 10.1. The van der Waals surface area contributed by atoms with E-state index in [0.29, 0.717) is 13.1 Å². The summed E-state index contributed by atoms with van der Waals surface area (Å²) in [7, 11) is 0. The minimum absolute atomic E-state index is 0.431. The molecule has 4 rings (SSSR count). The highest BCUT2D eigenvalue weighted by atomic mass is 16.5. The summed E-state index contributed by atoms with van der Waals surface area (Å²) in [6.45, 7) is 2.66. The van der Waals surface area contributed by atoms with E-state index in [0.717, 1.165) is 0 Å². The number of hydrogen-bond donors (Lipinski definition) is 1. The van der Waals surface area contributed by atoms with Crippen molar-refractivity contribution in [1.82, 2.24) is 9.55 Å². The summed E-state index contributed by atoms with van der Waals surface area (Å²) in [6.07, 6.45) is 6.21. The maximum atomic E-state index is 9.18. The van der Waals surface area contributed by atoms with Gasteiger partial charge in [0, 0.05) is 40.7 Å². The largest absolute Gasteiger partial charge is 0.468 e. The van der Waals surface area contributed by atoms with Gasteiger partial charge in [0.05, 0.1) is 6.61 Å². The van der Waals surface area contributed by atoms with Gasteiger partial charge in [0.25, 0.3) is 6.47 Å². The fourth-order valence-corrected chi connectivity index (χ4v) is 2.70. The van der Waals surface area contributed by atoms with Gasteiger partial charge in [0.1, 0.15) is 0 Å². The minimum atomic E-state index is 0.431. The van der Waals surface area contributed by atoms with Crippen LogP contribution in [-0.2, 0) is 9.53 Å². The topological polar surface area (TPSA) is 47.0 Å². The van der Waals surface area contributed by atoms with E-state index < -0.39 is 0 Å². The Hall–Kier alpha value is -3.27. The lowest BCUT2D eigenvalue weighted by Gasteiger charge is -2.04. The third-order valence-corrected chi connectivity index (χ3v) is 3.89. The molecular formula is C21H20N2O2. The maximum absolute atomic E-state index is 9.18. The van der Waals surface area contributed by atoms with Crippen molar-refractivity contribution in [2.24, 2.45) is 0 Å². The van der Waals surface area contributed by atoms with Crippen LogP contribution in [0.3, 0.4) is 0 Å². The quantitative estimate of drug-likeness (QED) is 0.545. The standard InChI is InChI=1S/C18H14N2.C3H6O2/c1-2-6-14(7-3-1)17-13-19-18-9-8-15(12-16(17)18)20-10-4-5-11-20;1-2-5-3-4/h1-13,19H;3H,2H2,1H3. The molecule has 25 heavy (non-hydrogen) atoms. The summed E-state index contributed by atoms with van der Waals surface area (Å²) in [6, 6.07) is 21.1. The number of carbonyl (C=O) groups is 1. The van der Waals surface area contributed by atoms with Gasteiger partial charge in [-0.2, -0.15) is 0 Å². The van der Waals surface area contributed by atoms with Crippen molar-refractivity contribution in [2.45, 2.75) is 6.92 Å². The molecule has 0 aliphatic carbocycles. The van der Waals surface area contributed by atoms with Gasteiger partial charge in [0.2, 0.25) is 0 Å². The molecule has 0 unspecified atom stereocenters. The Bertz CT molecular complexity index is 925. The summed E-state index contributed by atoms with van der Waals surface area (Å²) in [5.41, 5.74) is 4.83. The predicted octanol–water partition coefficient (Wildman–Crippen LogP) is 4.80. The summed E-state index contributed by atoms with van der Waals surface area (Å²) in [5.74, 6) is 0. The molecule has 1 N–H and O–H groups in total. The second-order valence-electron chi connectivity index (χ2n) is 5.44. The third kappa shape index (κ3) is 3.80. The molecule has 0 spiro atoms. The Morgan fingerprint density at radius 2 is 1.80 bits per heavy atom. The lowest BCUT2D eigenvalue weighted by molar-refractivity contribution is -0.128. The summed E-state index contributed by atoms with van der Waals surface area (Å²) < 4.78 is 6.28. The molecule has 0 aliphatic heterocycles. The monoisotopic (exact) mass is 332 g/mol. The van der Waals surface area contributed by atoms with Crippen molar-refractivity contribution in [1.29, 1.82) is 0 Å². The molecule has 0 amide bonds. The highest BCUT2D eigenvalue weighted by Gasteiger charge is 2.07. The van der Waals surface area contributed by atoms with Crippen LogP contribution in [0.5, 0.6) is 0 Å². The van der Waals surface area contributed by atoms with Gasteiger partial charge in [-0.3, -0.25) is 4.79 Å². The number of hydrogen-bond acceptors (Lipinski definition) is 2. The summed E-state index contributed by atoms with van der Waals surface area (Å²) in [5, 5.41) is 1.25. The number of nitrogens with zero attached hydrogens (tertiary/aromatic N) is 1. The number of aromatic amines is 1. The number of ether oxygens (including phenoxy) is 1. The van der Waals surface area contributed by atoms with Crippen LogP contribution in [0.15, 0.2) is 79.3 Å². The molecule has 4 nitrogen and oxygen atoms in total. The molecule has 0 radical (unpaired) electrons. The SMILES string of the molecule is CCOC=O.c1ccc(-c2c[nH]c3ccc(-n4cccc4)cc23)cc1. The summed E-state index contributed by atoms with van der Waals surface area (Å²) in [4.78, 5) is 12.5. The van der Waals surface area contributed by atoms with Crippen molar-refractivity contribution in [2.75, 3.05) is 6.61 Å². The number of rotatable bonds is 4. The predicted molar refractivity (Wildman–Crippen MR) is 101 cm³/mol. The molecule has 4 aromatic rings. The molecule has 0 atom stereocenters. The molecule has 0 bridgehead atoms. The Labute approximate surface area is 146 Å². The van der Waals surface area contributed by atoms with Crippen LogP contribution < -0.4 is 0 Å². The Balaban J connectivity index is 0.000000324. The number of benzene rings is 2. The molecule has 2 aromatic heterocycles. The molecular weight excluding hydrogens is 312 g/mol. The van der Waals surface area contributed by atoms with Crippen molar-refractivity contribution < 1.29 is 9.53 Å². The third-order valence-electron chi connectivity index (χ3n) is 3.89. The van der Waals surface area contributed by atoms with E-state index in [4.69, 9.17) is 0 Å². The molecule has 0 saturated heterocycles. The van der Waals surface area contributed by atoms with Gasteiger partial charge in [-0.05, 0) is 42.8 Å². The average molecular weight is 332 g/mol. The van der Waals surface area contributed by atoms with Crippen molar-refractivity contribution in [3.8, 4) is 16.8 Å². The first-order valence-corrected chi connectivity index (χ1v) is 8.18. The molecule has 126 valence electrons. The minimum Gasteiger partial charge on any atom is -0.468 e. The van der Waals surface area contributed by atoms with E-state index >= 15 is 0 Å². The Morgan fingerprint density at radius 1 is 1.04 bits per heavy atom. The Kier molecular flexibility index (Phi) is 5.32. The molecule has 0 aliphatic rings. The van der Waals surface area contributed by atoms with Crippen molar-refractivity contribution in [3.05, 3.63) is 79.3 Å². The van der Waals surface area contributed by atoms with Crippen LogP contribution >= 0.6 is 0 Å². The molecule has 0 fully saturated rings. The van der Waals surface area contributed by atoms with Crippen LogP contribution in [0.4, 0.5) is 0 Å². The zero-order chi connectivity index (χ0) is 17.5. The van der Waals surface area contributed by atoms with Gasteiger partial charge in [-0.1, -0.05) is 30.3 Å². The number of H-pyrrole nitrogens is 1. The first-order chi connectivity index (χ1) is 12.3. The van der Waals surface area contributed by atoms with Crippen LogP contribution in [0.2, 0.25) is 0 Å². The zero-order valence-electron chi connectivity index (χ0n) is 14.1. The van der Waals surface area contributed by atoms with E-state index in [2.05, 4.69) is 75.3 Å². The second-order valence-corrected chi connectivity index (χ2v) is 5.44. The van der Waals surface area contributed by atoms with Crippen LogP contribution in [0, 0.1) is 0 Å². The molecule has 2 aromatic carbocycles. The lowest BCUT2D eigenvalue weighted by Crippen LogP contribution is -1.88. The number of aromatic nitrogens is 2. The first-order valence-electron chi connectivity index (χ1n) is 8.18. The van der Waals surface area contributed by atoms with E-state index in [1.807, 2.05) is 18.2 Å². The molecule has 2 heterocycles. The van der Waals surface area contributed by atoms with E-state index in [1.165, 1.54) is 27.7 Å². The smallest absolute Gasteiger partial charge is 0.293 e. The second kappa shape index (κ2) is 8.02. The van der Waals surface area contributed by atoms with E-state index in [9.17, 15) is 4.79 Å². The van der Waals surface area contributed by atoms with Crippen molar-refractivity contribution in [3.63, 3.8) is 0 Å². The van der Waals surface area contributed by atoms with E-state index in [-0.39, 0.29) is 0 Å². The number of fused-ring (bicyclic) bond motifs is 1. The van der Waals surface area contributed by atoms with Gasteiger partial charge < -0.3 is 14.3 Å². The fraction of sp³-hybridized carbons (Fsp3) is 0.0952. The zero-order valence-corrected chi connectivity index (χ0v) is 14.1. The van der Waals surface area contributed by atoms with Crippen LogP contribution in [0.25, 0.3) is 27.7 Å². The van der Waals surface area contributed by atoms with Gasteiger partial charge in [0.15, 0.2) is 0 Å². The van der Waals surface area contributed by atoms with Crippen molar-refractivity contribution >= 4 is 17.4 Å². The molecule has 0 saturated carbocycles. The fourth-order valence-electron chi connectivity index (χ4n) is 2.70. The highest BCUT2D eigenvalue weighted by molar-refractivity contribution is 5.96. The maximum Gasteiger partial charge on any atom is 0.293 e. The van der Waals surface area contributed by atoms with Crippen LogP contribution in [0.1, 0.15) is 6.92 Å². The molecule has 4 heteroatoms. The first kappa shape index (κ1) is 16.6. The van der Waals surface area contributed by atoms with Gasteiger partial charge >= 0.3 is 0 Å². The van der Waals surface area contributed by atoms with E-state index in [1.54, 1.807) is 6.92 Å². The van der Waals surface area contributed by atoms with Crippen LogP contribution in [-0.4, -0.2) is 22.6 Å². The number of nitrogens with one attached hydrogen (secondary N) is 1. The van der Waals surface area contributed by atoms with Gasteiger partial charge in [-0.15, -0.1) is 0 Å². The highest BCUT2D eigenvalue weighted by Crippen LogP contribution is 2.29. The summed E-state index contributed by atoms with van der Waals surface area (Å²) >= 11 is 0. The van der Waals surface area contributed by atoms with Gasteiger partial charge in [-0.25, -0.2) is 0 Å². The number of carbonyl (C=O) groups excluding carboxylic acids is 1.